The number of aryl methyl sites for hydroxylation is 1. The molecule has 0 amide bonds. The number of fused-ring (bicyclic) bond motifs is 3. The van der Waals surface area contributed by atoms with E-state index in [4.69, 9.17) is 14.2 Å². The van der Waals surface area contributed by atoms with Crippen molar-refractivity contribution in [2.45, 2.75) is 58.3 Å². The molecule has 0 N–H and O–H groups in total. The second-order valence-corrected chi connectivity index (χ2v) is 10.7. The van der Waals surface area contributed by atoms with Gasteiger partial charge in [-0.2, -0.15) is 0 Å². The molecule has 2 atom stereocenters. The summed E-state index contributed by atoms with van der Waals surface area (Å²) in [6.45, 7) is 10.7. The third kappa shape index (κ3) is 3.53. The van der Waals surface area contributed by atoms with E-state index in [1.165, 1.54) is 23.4 Å². The van der Waals surface area contributed by atoms with Crippen molar-refractivity contribution in [1.82, 2.24) is 9.88 Å². The van der Waals surface area contributed by atoms with Crippen molar-refractivity contribution in [1.29, 1.82) is 0 Å². The van der Waals surface area contributed by atoms with Gasteiger partial charge in [0.1, 0.15) is 17.1 Å². The number of hydrogen-bond acceptors (Lipinski definition) is 6. The van der Waals surface area contributed by atoms with E-state index in [0.717, 1.165) is 49.7 Å². The molecule has 0 aliphatic carbocycles. The Bertz CT molecular complexity index is 917. The molecule has 3 aliphatic rings. The Kier molecular flexibility index (Phi) is 5.07. The molecule has 4 heterocycles. The molecule has 0 unspecified atom stereocenters. The van der Waals surface area contributed by atoms with Gasteiger partial charge in [0, 0.05) is 22.9 Å². The van der Waals surface area contributed by atoms with Gasteiger partial charge >= 0.3 is 0 Å². The second kappa shape index (κ2) is 7.50. The molecule has 0 radical (unpaired) electrons. The van der Waals surface area contributed by atoms with E-state index in [9.17, 15) is 0 Å². The molecule has 5 nitrogen and oxygen atoms in total. The molecular weight excluding hydrogens is 396 g/mol. The maximum Gasteiger partial charge on any atom is 0.126 e. The predicted octanol–water partition coefficient (Wildman–Crippen LogP) is 4.99. The van der Waals surface area contributed by atoms with Gasteiger partial charge in [-0.1, -0.05) is 0 Å². The van der Waals surface area contributed by atoms with Gasteiger partial charge in [0.2, 0.25) is 0 Å². The van der Waals surface area contributed by atoms with Crippen molar-refractivity contribution in [3.63, 3.8) is 0 Å². The Morgan fingerprint density at radius 2 is 2.07 bits per heavy atom. The van der Waals surface area contributed by atoms with Gasteiger partial charge in [-0.15, -0.1) is 11.3 Å². The van der Waals surface area contributed by atoms with Gasteiger partial charge in [0.15, 0.2) is 0 Å². The summed E-state index contributed by atoms with van der Waals surface area (Å²) in [6, 6.07) is 6.10. The van der Waals surface area contributed by atoms with Crippen LogP contribution in [-0.2, 0) is 11.3 Å². The molecule has 6 heteroatoms. The Morgan fingerprint density at radius 1 is 1.27 bits per heavy atom. The number of methoxy groups -OCH3 is 1. The molecule has 1 spiro atoms. The minimum absolute atomic E-state index is 0.0855. The second-order valence-electron chi connectivity index (χ2n) is 9.79. The Labute approximate surface area is 183 Å². The topological polar surface area (TPSA) is 43.8 Å². The number of benzene rings is 1. The highest BCUT2D eigenvalue weighted by Crippen LogP contribution is 2.56. The van der Waals surface area contributed by atoms with Crippen LogP contribution in [0.2, 0.25) is 0 Å². The van der Waals surface area contributed by atoms with Gasteiger partial charge in [-0.25, -0.2) is 4.98 Å². The first-order valence-corrected chi connectivity index (χ1v) is 11.9. The maximum atomic E-state index is 6.64. The van der Waals surface area contributed by atoms with Crippen LogP contribution in [0.15, 0.2) is 23.7 Å². The van der Waals surface area contributed by atoms with Gasteiger partial charge in [0.05, 0.1) is 31.0 Å². The lowest BCUT2D eigenvalue weighted by molar-refractivity contribution is -0.174. The number of aromatic nitrogens is 1. The first kappa shape index (κ1) is 20.3. The number of piperidine rings is 1. The molecule has 2 fully saturated rings. The third-order valence-electron chi connectivity index (χ3n) is 7.51. The minimum atomic E-state index is -0.240. The first-order chi connectivity index (χ1) is 14.4. The molecule has 30 heavy (non-hydrogen) atoms. The fourth-order valence-corrected chi connectivity index (χ4v) is 6.29. The Morgan fingerprint density at radius 3 is 2.77 bits per heavy atom. The summed E-state index contributed by atoms with van der Waals surface area (Å²) in [5.41, 5.74) is 4.31. The van der Waals surface area contributed by atoms with Gasteiger partial charge in [0.25, 0.3) is 0 Å². The summed E-state index contributed by atoms with van der Waals surface area (Å²) in [6.07, 6.45) is 3.63. The lowest BCUT2D eigenvalue weighted by Crippen LogP contribution is -2.54. The van der Waals surface area contributed by atoms with E-state index >= 15 is 0 Å². The maximum absolute atomic E-state index is 6.64. The highest BCUT2D eigenvalue weighted by molar-refractivity contribution is 7.09. The van der Waals surface area contributed by atoms with Crippen molar-refractivity contribution < 1.29 is 14.2 Å². The lowest BCUT2D eigenvalue weighted by atomic mass is 9.64. The fourth-order valence-electron chi connectivity index (χ4n) is 5.47. The average Bonchev–Trinajstić information content (AvgIpc) is 3.14. The van der Waals surface area contributed by atoms with Gasteiger partial charge in [-0.3, -0.25) is 4.90 Å². The van der Waals surface area contributed by atoms with E-state index in [-0.39, 0.29) is 17.1 Å². The Hall–Kier alpha value is -1.63. The zero-order valence-electron chi connectivity index (χ0n) is 18.4. The minimum Gasteiger partial charge on any atom is -0.497 e. The number of rotatable bonds is 3. The van der Waals surface area contributed by atoms with Crippen LogP contribution in [0.25, 0.3) is 0 Å². The average molecular weight is 429 g/mol. The lowest BCUT2D eigenvalue weighted by Gasteiger charge is -2.54. The van der Waals surface area contributed by atoms with E-state index in [2.05, 4.69) is 36.7 Å². The SMILES string of the molecule is COc1ccc2c(c1)[C@H]1OCC3(CCN(Cc4scnc4C)CC3)C[C@@H]1C(C)(C)O2. The summed E-state index contributed by atoms with van der Waals surface area (Å²) in [5.74, 6) is 2.15. The molecule has 2 saturated heterocycles. The van der Waals surface area contributed by atoms with Crippen molar-refractivity contribution in [2.24, 2.45) is 11.3 Å². The van der Waals surface area contributed by atoms with Crippen molar-refractivity contribution in [2.75, 3.05) is 26.8 Å². The predicted molar refractivity (Wildman–Crippen MR) is 118 cm³/mol. The smallest absolute Gasteiger partial charge is 0.126 e. The summed E-state index contributed by atoms with van der Waals surface area (Å²) in [7, 11) is 1.71. The normalized spacial score (nSPS) is 27.2. The fraction of sp³-hybridized carbons (Fsp3) is 0.625. The van der Waals surface area contributed by atoms with Crippen LogP contribution in [0, 0.1) is 18.3 Å². The first-order valence-electron chi connectivity index (χ1n) is 11.0. The van der Waals surface area contributed by atoms with E-state index < -0.39 is 0 Å². The number of likely N-dealkylation sites (tertiary alicyclic amines) is 1. The van der Waals surface area contributed by atoms with E-state index in [1.807, 2.05) is 17.6 Å². The van der Waals surface area contributed by atoms with Crippen LogP contribution in [0.4, 0.5) is 0 Å². The van der Waals surface area contributed by atoms with Crippen molar-refractivity contribution >= 4 is 11.3 Å². The van der Waals surface area contributed by atoms with Crippen molar-refractivity contribution in [3.05, 3.63) is 39.8 Å². The van der Waals surface area contributed by atoms with Crippen LogP contribution in [0.3, 0.4) is 0 Å². The Balaban J connectivity index is 1.31. The van der Waals surface area contributed by atoms with Gasteiger partial charge in [-0.05, 0) is 76.7 Å². The summed E-state index contributed by atoms with van der Waals surface area (Å²) >= 11 is 1.78. The molecule has 5 rings (SSSR count). The monoisotopic (exact) mass is 428 g/mol. The van der Waals surface area contributed by atoms with Crippen LogP contribution in [-0.4, -0.2) is 42.3 Å². The summed E-state index contributed by atoms with van der Waals surface area (Å²) in [4.78, 5) is 8.39. The van der Waals surface area contributed by atoms with Crippen LogP contribution in [0.1, 0.15) is 55.3 Å². The standard InChI is InChI=1S/C24H32N2O3S/c1-16-21(30-15-25-16)13-26-9-7-24(8-10-26)12-19-22(28-14-24)18-11-17(27-4)5-6-20(18)29-23(19,2)3/h5-6,11,15,19,22H,7-10,12-14H2,1-4H3/t19-,22+/m0/s1. The molecule has 3 aliphatic heterocycles. The molecular formula is C24H32N2O3S. The molecule has 2 aromatic rings. The largest absolute Gasteiger partial charge is 0.497 e. The molecule has 1 aromatic heterocycles. The highest BCUT2D eigenvalue weighted by atomic mass is 32.1. The quantitative estimate of drug-likeness (QED) is 0.689. The molecule has 1 aromatic carbocycles. The van der Waals surface area contributed by atoms with E-state index in [0.29, 0.717) is 5.92 Å². The highest BCUT2D eigenvalue weighted by Gasteiger charge is 2.52. The number of hydrogen-bond donors (Lipinski definition) is 0. The summed E-state index contributed by atoms with van der Waals surface area (Å²) < 4.78 is 18.6. The van der Waals surface area contributed by atoms with Crippen LogP contribution >= 0.6 is 11.3 Å². The van der Waals surface area contributed by atoms with Crippen molar-refractivity contribution in [3.8, 4) is 11.5 Å². The van der Waals surface area contributed by atoms with Crippen LogP contribution < -0.4 is 9.47 Å². The molecule has 0 bridgehead atoms. The molecule has 0 saturated carbocycles. The summed E-state index contributed by atoms with van der Waals surface area (Å²) in [5, 5.41) is 0. The van der Waals surface area contributed by atoms with Crippen LogP contribution in [0.5, 0.6) is 11.5 Å². The van der Waals surface area contributed by atoms with Gasteiger partial charge < -0.3 is 14.2 Å². The number of thiazole rings is 1. The molecule has 162 valence electrons. The number of nitrogens with zero attached hydrogens (tertiary/aromatic N) is 2. The zero-order chi connectivity index (χ0) is 20.9. The zero-order valence-corrected chi connectivity index (χ0v) is 19.3. The number of ether oxygens (including phenoxy) is 3. The third-order valence-corrected chi connectivity index (χ3v) is 8.43. The van der Waals surface area contributed by atoms with E-state index in [1.54, 1.807) is 18.4 Å².